The van der Waals surface area contributed by atoms with Gasteiger partial charge in [-0.2, -0.15) is 0 Å². The van der Waals surface area contributed by atoms with E-state index < -0.39 is 0 Å². The summed E-state index contributed by atoms with van der Waals surface area (Å²) in [7, 11) is 0. The molecular formula is C72H45IrN5+. The van der Waals surface area contributed by atoms with Gasteiger partial charge in [0.25, 0.3) is 0 Å². The van der Waals surface area contributed by atoms with Crippen LogP contribution in [0.4, 0.5) is 5.69 Å². The standard InChI is InChI=1S/C72H45N5.Ir/c1-4-18-48(19-5-1)49-32-34-52(35-33-49)69-44-70-65-30-16-17-31-66(65)72-71(77(70)76-69)43-58(47-75-72)64-29-15-14-28-63(64)57-41-55(61-26-12-10-24-59(61)53-36-38-67(73-45-53)50-20-6-2-7-21-50)40-56(42-57)62-27-13-11-25-60(62)54-37-39-68(74-46-54)51-22-8-3-9-23-51;/h1-20,22,24-30,32-47,70H;/q-2;+3. The van der Waals surface area contributed by atoms with Crippen molar-refractivity contribution >= 4 is 11.4 Å². The van der Waals surface area contributed by atoms with E-state index >= 15 is 0 Å². The Morgan fingerprint density at radius 2 is 0.795 bits per heavy atom. The van der Waals surface area contributed by atoms with Gasteiger partial charge in [-0.1, -0.05) is 162 Å². The fourth-order valence-electron chi connectivity index (χ4n) is 10.9. The number of rotatable bonds is 10. The second-order valence-corrected chi connectivity index (χ2v) is 19.3. The average Bonchev–Trinajstić information content (AvgIpc) is 4.16. The molecule has 0 bridgehead atoms. The molecule has 1 atom stereocenters. The Morgan fingerprint density at radius 3 is 1.31 bits per heavy atom. The summed E-state index contributed by atoms with van der Waals surface area (Å²) in [6, 6.07) is 95.2. The molecule has 0 saturated heterocycles. The van der Waals surface area contributed by atoms with Gasteiger partial charge < -0.3 is 9.97 Å². The van der Waals surface area contributed by atoms with E-state index in [1.165, 1.54) is 11.1 Å². The number of nitrogens with zero attached hydrogens (tertiary/aromatic N) is 5. The molecule has 1 unspecified atom stereocenters. The smallest absolute Gasteiger partial charge is 0.304 e. The van der Waals surface area contributed by atoms with Crippen molar-refractivity contribution in [1.82, 2.24) is 15.0 Å². The molecule has 2 aliphatic heterocycles. The van der Waals surface area contributed by atoms with Gasteiger partial charge in [0.2, 0.25) is 5.69 Å². The molecule has 0 fully saturated rings. The summed E-state index contributed by atoms with van der Waals surface area (Å²) in [6.07, 6.45) is 8.24. The minimum absolute atomic E-state index is 0. The second-order valence-electron chi connectivity index (χ2n) is 19.3. The zero-order valence-electron chi connectivity index (χ0n) is 42.1. The number of benzene rings is 9. The molecule has 6 heteroatoms. The normalized spacial score (nSPS) is 13.1. The van der Waals surface area contributed by atoms with E-state index in [2.05, 4.69) is 211 Å². The third-order valence-corrected chi connectivity index (χ3v) is 14.7. The van der Waals surface area contributed by atoms with Crippen molar-refractivity contribution in [2.24, 2.45) is 5.11 Å². The fourth-order valence-corrected chi connectivity index (χ4v) is 10.9. The number of aromatic nitrogens is 3. The van der Waals surface area contributed by atoms with Crippen molar-refractivity contribution in [2.45, 2.75) is 6.04 Å². The first-order valence-electron chi connectivity index (χ1n) is 25.9. The molecule has 5 heterocycles. The third kappa shape index (κ3) is 9.03. The molecule has 5 nitrogen and oxygen atoms in total. The Morgan fingerprint density at radius 1 is 0.346 bits per heavy atom. The topological polar surface area (TPSA) is 54.0 Å². The Balaban J connectivity index is 0.00000579. The van der Waals surface area contributed by atoms with Gasteiger partial charge in [-0.15, -0.1) is 102 Å². The van der Waals surface area contributed by atoms with Crippen LogP contribution < -0.4 is 0 Å². The van der Waals surface area contributed by atoms with E-state index in [0.717, 1.165) is 123 Å². The van der Waals surface area contributed by atoms with E-state index in [-0.39, 0.29) is 26.1 Å². The van der Waals surface area contributed by atoms with Crippen LogP contribution >= 0.6 is 0 Å². The second kappa shape index (κ2) is 20.9. The van der Waals surface area contributed by atoms with Crippen molar-refractivity contribution in [2.75, 3.05) is 0 Å². The zero-order valence-corrected chi connectivity index (χ0v) is 44.4. The van der Waals surface area contributed by atoms with Crippen LogP contribution in [-0.4, -0.2) is 19.6 Å². The molecule has 9 aromatic carbocycles. The number of hydrogen-bond acceptors (Lipinski definition) is 4. The van der Waals surface area contributed by atoms with Gasteiger partial charge in [0.15, 0.2) is 6.04 Å². The van der Waals surface area contributed by atoms with Crippen LogP contribution in [-0.2, 0) is 20.1 Å². The molecule has 14 rings (SSSR count). The maximum Gasteiger partial charge on any atom is 3.00 e. The van der Waals surface area contributed by atoms with Crippen LogP contribution in [0, 0.1) is 18.2 Å². The molecule has 3 aromatic heterocycles. The molecule has 366 valence electrons. The number of fused-ring (bicyclic) bond motifs is 6. The zero-order chi connectivity index (χ0) is 51.1. The van der Waals surface area contributed by atoms with Crippen LogP contribution in [0.5, 0.6) is 0 Å². The minimum Gasteiger partial charge on any atom is -0.304 e. The molecule has 0 spiro atoms. The SMILES string of the molecule is [Ir+3].[c-]1ccccc1-c1ccc(-c2ccccc2-c2cc(-c3ccccc3-c3ccc(-c4[c-]cccc4)nc3)cc(-c3ccccc3-c3cnc4c(c3)[N+]3=NC(c5ccc(-c6ccccc6)cc5)=CC3c3ccc[c-]c3-4)c2)cn1. The molecule has 0 radical (unpaired) electrons. The quantitative estimate of drug-likeness (QED) is 0.101. The first-order valence-corrected chi connectivity index (χ1v) is 25.9. The minimum atomic E-state index is -0.114. The van der Waals surface area contributed by atoms with Crippen LogP contribution in [0.15, 0.2) is 272 Å². The van der Waals surface area contributed by atoms with Gasteiger partial charge >= 0.3 is 20.1 Å². The van der Waals surface area contributed by atoms with E-state index in [1.807, 2.05) is 79.3 Å². The summed E-state index contributed by atoms with van der Waals surface area (Å²) in [5.41, 5.74) is 24.8. The van der Waals surface area contributed by atoms with Crippen molar-refractivity contribution in [3.05, 3.63) is 297 Å². The summed E-state index contributed by atoms with van der Waals surface area (Å²) in [6.45, 7) is 0. The first kappa shape index (κ1) is 48.1. The molecule has 0 amide bonds. The van der Waals surface area contributed by atoms with E-state index in [4.69, 9.17) is 20.1 Å². The predicted molar refractivity (Wildman–Crippen MR) is 310 cm³/mol. The van der Waals surface area contributed by atoms with Gasteiger partial charge in [-0.25, -0.2) is 0 Å². The summed E-state index contributed by atoms with van der Waals surface area (Å²) in [5, 5.41) is 5.36. The third-order valence-electron chi connectivity index (χ3n) is 14.7. The largest absolute Gasteiger partial charge is 3.00 e. The number of hydrogen-bond donors (Lipinski definition) is 0. The Bertz CT molecular complexity index is 4090. The van der Waals surface area contributed by atoms with Crippen molar-refractivity contribution in [3.8, 4) is 112 Å². The van der Waals surface area contributed by atoms with Gasteiger partial charge in [0.05, 0.1) is 5.69 Å². The molecule has 0 saturated carbocycles. The number of azo groups is 2. The fraction of sp³-hybridized carbons (Fsp3) is 0.0139. The van der Waals surface area contributed by atoms with Crippen molar-refractivity contribution in [1.29, 1.82) is 0 Å². The molecule has 0 N–H and O–H groups in total. The maximum atomic E-state index is 5.36. The predicted octanol–water partition coefficient (Wildman–Crippen LogP) is 18.1. The van der Waals surface area contributed by atoms with Gasteiger partial charge in [0, 0.05) is 41.9 Å². The molecule has 12 aromatic rings. The summed E-state index contributed by atoms with van der Waals surface area (Å²) >= 11 is 0. The van der Waals surface area contributed by atoms with Crippen LogP contribution in [0.1, 0.15) is 17.2 Å². The first-order chi connectivity index (χ1) is 38.2. The molecular weight excluding hydrogens is 1130 g/mol. The van der Waals surface area contributed by atoms with Gasteiger partial charge in [-0.05, 0) is 107 Å². The van der Waals surface area contributed by atoms with E-state index in [0.29, 0.717) is 0 Å². The van der Waals surface area contributed by atoms with E-state index in [9.17, 15) is 0 Å². The number of pyridine rings is 3. The van der Waals surface area contributed by atoms with Crippen LogP contribution in [0.25, 0.3) is 117 Å². The molecule has 78 heavy (non-hydrogen) atoms. The maximum absolute atomic E-state index is 5.36. The van der Waals surface area contributed by atoms with Crippen LogP contribution in [0.3, 0.4) is 0 Å². The monoisotopic (exact) mass is 1170 g/mol. The Hall–Kier alpha value is -9.58. The van der Waals surface area contributed by atoms with Gasteiger partial charge in [0.1, 0.15) is 5.70 Å². The van der Waals surface area contributed by atoms with Gasteiger partial charge in [-0.3, -0.25) is 4.98 Å². The average molecular weight is 1170 g/mol. The van der Waals surface area contributed by atoms with Crippen LogP contribution in [0.2, 0.25) is 0 Å². The van der Waals surface area contributed by atoms with Crippen molar-refractivity contribution < 1.29 is 24.8 Å². The summed E-state index contributed by atoms with van der Waals surface area (Å²) in [4.78, 5) is 15.2. The molecule has 0 aliphatic carbocycles. The van der Waals surface area contributed by atoms with Crippen molar-refractivity contribution in [3.63, 3.8) is 0 Å². The Labute approximate surface area is 467 Å². The molecule has 2 aliphatic rings. The summed E-state index contributed by atoms with van der Waals surface area (Å²) in [5.74, 6) is 0. The summed E-state index contributed by atoms with van der Waals surface area (Å²) < 4.78 is 2.15. The van der Waals surface area contributed by atoms with E-state index in [1.54, 1.807) is 0 Å². The Kier molecular flexibility index (Phi) is 12.9.